The molecule has 28 heavy (non-hydrogen) atoms. The molecule has 0 radical (unpaired) electrons. The maximum Gasteiger partial charge on any atom is 0.387 e. The van der Waals surface area contributed by atoms with Gasteiger partial charge in [0.2, 0.25) is 0 Å². The first-order chi connectivity index (χ1) is 13.4. The van der Waals surface area contributed by atoms with Gasteiger partial charge in [0.05, 0.1) is 10.8 Å². The van der Waals surface area contributed by atoms with Gasteiger partial charge in [0.1, 0.15) is 11.5 Å². The second-order valence-electron chi connectivity index (χ2n) is 7.30. The second-order valence-corrected chi connectivity index (χ2v) is 7.30. The number of Topliss-reactive ketones (excluding diaryl/α,β-unsaturated/α-hetero) is 1. The average Bonchev–Trinajstić information content (AvgIpc) is 3.56. The van der Waals surface area contributed by atoms with E-state index in [-0.39, 0.29) is 17.3 Å². The van der Waals surface area contributed by atoms with Gasteiger partial charge in [0.15, 0.2) is 5.78 Å². The second kappa shape index (κ2) is 6.79. The molecule has 2 aromatic rings. The molecule has 0 atom stereocenters. The first-order valence-electron chi connectivity index (χ1n) is 9.01. The Labute approximate surface area is 159 Å². The summed E-state index contributed by atoms with van der Waals surface area (Å²) >= 11 is 0. The van der Waals surface area contributed by atoms with E-state index in [9.17, 15) is 22.4 Å². The third-order valence-electron chi connectivity index (χ3n) is 5.63. The van der Waals surface area contributed by atoms with Crippen molar-refractivity contribution in [3.05, 3.63) is 59.7 Å². The lowest BCUT2D eigenvalue weighted by molar-refractivity contribution is -0.124. The van der Waals surface area contributed by atoms with E-state index in [1.165, 1.54) is 24.3 Å². The van der Waals surface area contributed by atoms with Crippen LogP contribution in [0.3, 0.4) is 0 Å². The molecule has 0 unspecified atom stereocenters. The number of hydrogen-bond donors (Lipinski definition) is 0. The van der Waals surface area contributed by atoms with Crippen molar-refractivity contribution in [1.29, 1.82) is 0 Å². The Morgan fingerprint density at radius 1 is 0.679 bits per heavy atom. The zero-order valence-electron chi connectivity index (χ0n) is 14.8. The van der Waals surface area contributed by atoms with Gasteiger partial charge in [-0.05, 0) is 61.1 Å². The van der Waals surface area contributed by atoms with Gasteiger partial charge in [-0.15, -0.1) is 0 Å². The van der Waals surface area contributed by atoms with Crippen LogP contribution in [0.5, 0.6) is 11.5 Å². The van der Waals surface area contributed by atoms with Crippen LogP contribution in [0.25, 0.3) is 0 Å². The lowest BCUT2D eigenvalue weighted by Crippen LogP contribution is -2.32. The Bertz CT molecular complexity index is 783. The van der Waals surface area contributed by atoms with E-state index in [2.05, 4.69) is 9.47 Å². The molecule has 2 aliphatic carbocycles. The lowest BCUT2D eigenvalue weighted by Gasteiger charge is -2.23. The zero-order chi connectivity index (χ0) is 19.9. The molecule has 2 saturated carbocycles. The highest BCUT2D eigenvalue weighted by Crippen LogP contribution is 2.60. The first kappa shape index (κ1) is 18.8. The van der Waals surface area contributed by atoms with Crippen molar-refractivity contribution in [1.82, 2.24) is 0 Å². The van der Waals surface area contributed by atoms with Crippen LogP contribution in [-0.2, 0) is 15.6 Å². The third kappa shape index (κ3) is 3.34. The molecule has 0 spiro atoms. The Kier molecular flexibility index (Phi) is 4.56. The highest BCUT2D eigenvalue weighted by Gasteiger charge is 2.63. The highest BCUT2D eigenvalue weighted by molar-refractivity contribution is 6.03. The van der Waals surface area contributed by atoms with E-state index in [1.54, 1.807) is 24.3 Å². The van der Waals surface area contributed by atoms with Crippen molar-refractivity contribution in [2.75, 3.05) is 0 Å². The van der Waals surface area contributed by atoms with Gasteiger partial charge in [0.25, 0.3) is 0 Å². The highest BCUT2D eigenvalue weighted by atomic mass is 19.3. The third-order valence-corrected chi connectivity index (χ3v) is 5.63. The van der Waals surface area contributed by atoms with E-state index in [0.717, 1.165) is 11.1 Å². The maximum atomic E-state index is 13.4. The maximum absolute atomic E-state index is 13.4. The zero-order valence-corrected chi connectivity index (χ0v) is 14.8. The number of ketones is 1. The molecule has 3 nitrogen and oxygen atoms in total. The standard InChI is InChI=1S/C21H18F4O3/c22-18(23)27-15-5-1-13(2-6-15)20(9-10-20)17(26)21(11-12-21)14-3-7-16(8-4-14)28-19(24)25/h1-8,18-19H,9-12H2. The fraction of sp³-hybridized carbons (Fsp3) is 0.381. The number of carbonyl (C=O) groups excluding carboxylic acids is 1. The van der Waals surface area contributed by atoms with Gasteiger partial charge in [-0.25, -0.2) is 0 Å². The molecule has 0 aromatic heterocycles. The summed E-state index contributed by atoms with van der Waals surface area (Å²) in [5.74, 6) is 0.209. The minimum atomic E-state index is -2.89. The molecule has 148 valence electrons. The van der Waals surface area contributed by atoms with Crippen molar-refractivity contribution >= 4 is 5.78 Å². The molecule has 0 heterocycles. The summed E-state index contributed by atoms with van der Waals surface area (Å²) in [5.41, 5.74) is 0.363. The summed E-state index contributed by atoms with van der Waals surface area (Å²) in [6.07, 6.45) is 2.81. The summed E-state index contributed by atoms with van der Waals surface area (Å²) in [6, 6.07) is 12.5. The largest absolute Gasteiger partial charge is 0.435 e. The molecule has 7 heteroatoms. The minimum Gasteiger partial charge on any atom is -0.435 e. The van der Waals surface area contributed by atoms with Crippen LogP contribution in [-0.4, -0.2) is 19.0 Å². The molecular formula is C21H18F4O3. The molecule has 0 aliphatic heterocycles. The average molecular weight is 394 g/mol. The lowest BCUT2D eigenvalue weighted by atomic mass is 9.79. The molecule has 2 fully saturated rings. The number of hydrogen-bond acceptors (Lipinski definition) is 3. The smallest absolute Gasteiger partial charge is 0.387 e. The van der Waals surface area contributed by atoms with Crippen LogP contribution < -0.4 is 9.47 Å². The van der Waals surface area contributed by atoms with E-state index in [0.29, 0.717) is 25.7 Å². The van der Waals surface area contributed by atoms with Gasteiger partial charge in [0, 0.05) is 0 Å². The van der Waals surface area contributed by atoms with Gasteiger partial charge >= 0.3 is 13.2 Å². The number of alkyl halides is 4. The van der Waals surface area contributed by atoms with Gasteiger partial charge in [-0.3, -0.25) is 4.79 Å². The van der Waals surface area contributed by atoms with E-state index < -0.39 is 24.1 Å². The predicted molar refractivity (Wildman–Crippen MR) is 93.0 cm³/mol. The molecule has 0 amide bonds. The van der Waals surface area contributed by atoms with Crippen molar-refractivity contribution in [3.63, 3.8) is 0 Å². The predicted octanol–water partition coefficient (Wildman–Crippen LogP) is 5.22. The van der Waals surface area contributed by atoms with Crippen LogP contribution in [0.2, 0.25) is 0 Å². The monoisotopic (exact) mass is 394 g/mol. The number of benzene rings is 2. The van der Waals surface area contributed by atoms with E-state index in [1.807, 2.05) is 0 Å². The van der Waals surface area contributed by atoms with Crippen LogP contribution in [0, 0.1) is 0 Å². The number of ether oxygens (including phenoxy) is 2. The summed E-state index contributed by atoms with van der Waals surface area (Å²) < 4.78 is 58.0. The summed E-state index contributed by atoms with van der Waals surface area (Å²) in [5, 5.41) is 0. The topological polar surface area (TPSA) is 35.5 Å². The van der Waals surface area contributed by atoms with Gasteiger partial charge < -0.3 is 9.47 Å². The molecule has 2 aliphatic rings. The Balaban J connectivity index is 1.55. The van der Waals surface area contributed by atoms with Crippen LogP contribution in [0.15, 0.2) is 48.5 Å². The number of halogens is 4. The molecular weight excluding hydrogens is 376 g/mol. The summed E-state index contributed by atoms with van der Waals surface area (Å²) in [4.78, 5) is 13.4. The summed E-state index contributed by atoms with van der Waals surface area (Å²) in [7, 11) is 0. The van der Waals surface area contributed by atoms with Crippen LogP contribution >= 0.6 is 0 Å². The number of rotatable bonds is 8. The van der Waals surface area contributed by atoms with Crippen LogP contribution in [0.1, 0.15) is 36.8 Å². The van der Waals surface area contributed by atoms with Crippen molar-refractivity contribution in [2.24, 2.45) is 0 Å². The SMILES string of the molecule is O=C(C1(c2ccc(OC(F)F)cc2)CC1)C1(c2ccc(OC(F)F)cc2)CC1. The van der Waals surface area contributed by atoms with E-state index >= 15 is 0 Å². The fourth-order valence-corrected chi connectivity index (χ4v) is 3.91. The first-order valence-corrected chi connectivity index (χ1v) is 9.01. The summed E-state index contributed by atoms with van der Waals surface area (Å²) in [6.45, 7) is -5.79. The Morgan fingerprint density at radius 2 is 1.00 bits per heavy atom. The molecule has 0 N–H and O–H groups in total. The number of carbonyl (C=O) groups is 1. The Morgan fingerprint density at radius 3 is 1.25 bits per heavy atom. The van der Waals surface area contributed by atoms with Crippen LogP contribution in [0.4, 0.5) is 17.6 Å². The normalized spacial score (nSPS) is 18.8. The van der Waals surface area contributed by atoms with Crippen molar-refractivity contribution < 1.29 is 31.8 Å². The molecule has 4 rings (SSSR count). The van der Waals surface area contributed by atoms with Gasteiger partial charge in [-0.1, -0.05) is 24.3 Å². The molecule has 0 saturated heterocycles. The molecule has 2 aromatic carbocycles. The van der Waals surface area contributed by atoms with Gasteiger partial charge in [-0.2, -0.15) is 17.6 Å². The van der Waals surface area contributed by atoms with Crippen molar-refractivity contribution in [3.8, 4) is 11.5 Å². The fourth-order valence-electron chi connectivity index (χ4n) is 3.91. The Hall–Kier alpha value is -2.57. The minimum absolute atomic E-state index is 0.0535. The molecule has 0 bridgehead atoms. The van der Waals surface area contributed by atoms with Crippen molar-refractivity contribution in [2.45, 2.75) is 49.7 Å². The quantitative estimate of drug-likeness (QED) is 0.576. The van der Waals surface area contributed by atoms with E-state index in [4.69, 9.17) is 0 Å².